The average Bonchev–Trinajstić information content (AvgIpc) is 2.34. The number of carbonyl (C=O) groups is 1. The van der Waals surface area contributed by atoms with E-state index >= 15 is 0 Å². The van der Waals surface area contributed by atoms with Crippen molar-refractivity contribution >= 4 is 23.4 Å². The van der Waals surface area contributed by atoms with E-state index in [0.717, 1.165) is 30.4 Å². The summed E-state index contributed by atoms with van der Waals surface area (Å²) >= 11 is 1.65. The highest BCUT2D eigenvalue weighted by Gasteiger charge is 2.20. The molecule has 0 aromatic heterocycles. The van der Waals surface area contributed by atoms with Crippen LogP contribution in [-0.4, -0.2) is 29.4 Å². The summed E-state index contributed by atoms with van der Waals surface area (Å²) in [5, 5.41) is 13.3. The zero-order chi connectivity index (χ0) is 13.5. The molecule has 0 atom stereocenters. The molecule has 98 valence electrons. The Balaban J connectivity index is 2.76. The van der Waals surface area contributed by atoms with Crippen LogP contribution in [0.2, 0.25) is 0 Å². The van der Waals surface area contributed by atoms with E-state index in [0.29, 0.717) is 6.54 Å². The molecule has 0 heterocycles. The van der Waals surface area contributed by atoms with Crippen LogP contribution < -0.4 is 5.32 Å². The molecule has 0 unspecified atom stereocenters. The van der Waals surface area contributed by atoms with E-state index in [2.05, 4.69) is 5.32 Å². The molecule has 0 saturated carbocycles. The Hall–Kier alpha value is -1.63. The number of halogens is 1. The van der Waals surface area contributed by atoms with Gasteiger partial charge in [-0.2, -0.15) is 11.8 Å². The van der Waals surface area contributed by atoms with Crippen LogP contribution in [0, 0.1) is 15.9 Å². The van der Waals surface area contributed by atoms with E-state index < -0.39 is 22.3 Å². The van der Waals surface area contributed by atoms with Crippen molar-refractivity contribution < 1.29 is 14.1 Å². The molecule has 0 radical (unpaired) electrons. The van der Waals surface area contributed by atoms with Crippen LogP contribution in [-0.2, 0) is 0 Å². The minimum atomic E-state index is -0.764. The van der Waals surface area contributed by atoms with Crippen molar-refractivity contribution in [1.29, 1.82) is 0 Å². The molecule has 0 aliphatic carbocycles. The van der Waals surface area contributed by atoms with E-state index in [1.807, 2.05) is 6.26 Å². The van der Waals surface area contributed by atoms with E-state index in [4.69, 9.17) is 0 Å². The quantitative estimate of drug-likeness (QED) is 0.489. The van der Waals surface area contributed by atoms with Crippen molar-refractivity contribution in [3.8, 4) is 0 Å². The number of benzene rings is 1. The van der Waals surface area contributed by atoms with Crippen molar-refractivity contribution in [2.24, 2.45) is 0 Å². The molecule has 1 rings (SSSR count). The molecule has 7 heteroatoms. The van der Waals surface area contributed by atoms with Gasteiger partial charge >= 0.3 is 0 Å². The first-order valence-electron chi connectivity index (χ1n) is 5.27. The smallest absolute Gasteiger partial charge is 0.285 e. The Labute approximate surface area is 108 Å². The number of carbonyl (C=O) groups excluding carboxylic acids is 1. The minimum Gasteiger partial charge on any atom is -0.352 e. The van der Waals surface area contributed by atoms with Crippen LogP contribution in [0.25, 0.3) is 0 Å². The van der Waals surface area contributed by atoms with Gasteiger partial charge in [-0.3, -0.25) is 14.9 Å². The number of nitro benzene ring substituents is 1. The second-order valence-corrected chi connectivity index (χ2v) is 4.51. The molecule has 1 N–H and O–H groups in total. The maximum Gasteiger partial charge on any atom is 0.285 e. The topological polar surface area (TPSA) is 72.2 Å². The first kappa shape index (κ1) is 14.4. The van der Waals surface area contributed by atoms with Crippen molar-refractivity contribution in [1.82, 2.24) is 5.32 Å². The van der Waals surface area contributed by atoms with Crippen LogP contribution in [0.4, 0.5) is 10.1 Å². The number of hydrogen-bond acceptors (Lipinski definition) is 4. The second-order valence-electron chi connectivity index (χ2n) is 3.52. The summed E-state index contributed by atoms with van der Waals surface area (Å²) in [6, 6.07) is 2.90. The van der Waals surface area contributed by atoms with Gasteiger partial charge in [0.25, 0.3) is 11.6 Å². The number of rotatable bonds is 6. The Morgan fingerprint density at radius 2 is 2.28 bits per heavy atom. The van der Waals surface area contributed by atoms with E-state index in [-0.39, 0.29) is 5.56 Å². The number of amides is 1. The minimum absolute atomic E-state index is 0.120. The predicted molar refractivity (Wildman–Crippen MR) is 68.4 cm³/mol. The second kappa shape index (κ2) is 6.95. The SMILES string of the molecule is CSCCCNC(=O)c1ccc(F)cc1[N+](=O)[O-]. The molecule has 1 aromatic carbocycles. The summed E-state index contributed by atoms with van der Waals surface area (Å²) in [7, 11) is 0. The van der Waals surface area contributed by atoms with Gasteiger partial charge in [0.05, 0.1) is 11.0 Å². The van der Waals surface area contributed by atoms with Crippen molar-refractivity contribution in [3.05, 3.63) is 39.7 Å². The summed E-state index contributed by atoms with van der Waals surface area (Å²) in [5.74, 6) is -0.394. The zero-order valence-corrected chi connectivity index (χ0v) is 10.6. The first-order chi connectivity index (χ1) is 8.56. The van der Waals surface area contributed by atoms with Gasteiger partial charge in [0.2, 0.25) is 0 Å². The fourth-order valence-corrected chi connectivity index (χ4v) is 1.79. The lowest BCUT2D eigenvalue weighted by Gasteiger charge is -2.05. The highest BCUT2D eigenvalue weighted by Crippen LogP contribution is 2.19. The van der Waals surface area contributed by atoms with E-state index in [9.17, 15) is 19.3 Å². The number of nitrogens with zero attached hydrogens (tertiary/aromatic N) is 1. The number of hydrogen-bond donors (Lipinski definition) is 1. The summed E-state index contributed by atoms with van der Waals surface area (Å²) in [6.45, 7) is 0.439. The first-order valence-corrected chi connectivity index (χ1v) is 6.66. The fourth-order valence-electron chi connectivity index (χ4n) is 1.36. The molecular formula is C11H13FN2O3S. The largest absolute Gasteiger partial charge is 0.352 e. The van der Waals surface area contributed by atoms with Gasteiger partial charge in [-0.1, -0.05) is 0 Å². The normalized spacial score (nSPS) is 10.1. The summed E-state index contributed by atoms with van der Waals surface area (Å²) in [5.41, 5.74) is -0.636. The van der Waals surface area contributed by atoms with Crippen LogP contribution in [0.15, 0.2) is 18.2 Å². The predicted octanol–water partition coefficient (Wildman–Crippen LogP) is 2.22. The maximum atomic E-state index is 12.9. The van der Waals surface area contributed by atoms with E-state index in [1.54, 1.807) is 11.8 Å². The number of thioether (sulfide) groups is 1. The van der Waals surface area contributed by atoms with Gasteiger partial charge in [0.1, 0.15) is 11.4 Å². The fraction of sp³-hybridized carbons (Fsp3) is 0.364. The molecule has 0 aliphatic heterocycles. The van der Waals surface area contributed by atoms with Gasteiger partial charge in [0.15, 0.2) is 0 Å². The highest BCUT2D eigenvalue weighted by molar-refractivity contribution is 7.98. The highest BCUT2D eigenvalue weighted by atomic mass is 32.2. The molecule has 0 fully saturated rings. The molecule has 0 saturated heterocycles. The molecule has 1 amide bonds. The standard InChI is InChI=1S/C11H13FN2O3S/c1-18-6-2-5-13-11(15)9-4-3-8(12)7-10(9)14(16)17/h3-4,7H,2,5-6H2,1H3,(H,13,15). The zero-order valence-electron chi connectivity index (χ0n) is 9.81. The number of nitrogens with one attached hydrogen (secondary N) is 1. The average molecular weight is 272 g/mol. The van der Waals surface area contributed by atoms with Crippen LogP contribution in [0.5, 0.6) is 0 Å². The third-order valence-electron chi connectivity index (χ3n) is 2.21. The van der Waals surface area contributed by atoms with Gasteiger partial charge in [-0.15, -0.1) is 0 Å². The maximum absolute atomic E-state index is 12.9. The Kier molecular flexibility index (Phi) is 5.57. The van der Waals surface area contributed by atoms with Gasteiger partial charge in [-0.05, 0) is 30.6 Å². The Morgan fingerprint density at radius 3 is 2.89 bits per heavy atom. The monoisotopic (exact) mass is 272 g/mol. The van der Waals surface area contributed by atoms with Crippen LogP contribution in [0.3, 0.4) is 0 Å². The Bertz CT molecular complexity index is 454. The summed E-state index contributed by atoms with van der Waals surface area (Å²) in [4.78, 5) is 21.6. The molecule has 0 bridgehead atoms. The van der Waals surface area contributed by atoms with Crippen LogP contribution in [0.1, 0.15) is 16.8 Å². The molecule has 0 aliphatic rings. The summed E-state index contributed by atoms with van der Waals surface area (Å²) < 4.78 is 12.9. The van der Waals surface area contributed by atoms with Gasteiger partial charge in [-0.25, -0.2) is 4.39 Å². The van der Waals surface area contributed by atoms with Gasteiger partial charge < -0.3 is 5.32 Å². The van der Waals surface area contributed by atoms with Gasteiger partial charge in [0, 0.05) is 6.54 Å². The van der Waals surface area contributed by atoms with E-state index in [1.165, 1.54) is 0 Å². The molecule has 18 heavy (non-hydrogen) atoms. The lowest BCUT2D eigenvalue weighted by Crippen LogP contribution is -2.25. The molecule has 1 aromatic rings. The number of nitro groups is 1. The Morgan fingerprint density at radius 1 is 1.56 bits per heavy atom. The lowest BCUT2D eigenvalue weighted by atomic mass is 10.1. The van der Waals surface area contributed by atoms with Crippen molar-refractivity contribution in [2.75, 3.05) is 18.6 Å². The third-order valence-corrected chi connectivity index (χ3v) is 2.91. The third kappa shape index (κ3) is 3.99. The summed E-state index contributed by atoms with van der Waals surface area (Å²) in [6.07, 6.45) is 2.73. The molecular weight excluding hydrogens is 259 g/mol. The lowest BCUT2D eigenvalue weighted by molar-refractivity contribution is -0.385. The molecule has 5 nitrogen and oxygen atoms in total. The van der Waals surface area contributed by atoms with Crippen LogP contribution >= 0.6 is 11.8 Å². The molecule has 0 spiro atoms. The van der Waals surface area contributed by atoms with Crippen molar-refractivity contribution in [3.63, 3.8) is 0 Å². The van der Waals surface area contributed by atoms with Crippen molar-refractivity contribution in [2.45, 2.75) is 6.42 Å².